The number of hydrogen-bond donors (Lipinski definition) is 1. The highest BCUT2D eigenvalue weighted by molar-refractivity contribution is 5.93. The SMILES string of the molecule is C=CCNC(=O)[C@@]1(Cc2cccc(-c3ccncc3)c2)CCCN(C(=O)c2cnccn2)C1. The molecular weight excluding hydrogens is 414 g/mol. The van der Waals surface area contributed by atoms with E-state index in [-0.39, 0.29) is 11.8 Å². The highest BCUT2D eigenvalue weighted by atomic mass is 16.2. The Hall–Kier alpha value is -3.87. The van der Waals surface area contributed by atoms with Crippen LogP contribution in [0.25, 0.3) is 11.1 Å². The van der Waals surface area contributed by atoms with E-state index in [0.29, 0.717) is 38.2 Å². The first-order chi connectivity index (χ1) is 16.1. The van der Waals surface area contributed by atoms with Gasteiger partial charge in [-0.05, 0) is 48.1 Å². The summed E-state index contributed by atoms with van der Waals surface area (Å²) < 4.78 is 0. The molecule has 1 atom stereocenters. The molecule has 4 rings (SSSR count). The Bertz CT molecular complexity index is 1120. The molecule has 1 N–H and O–H groups in total. The van der Waals surface area contributed by atoms with Gasteiger partial charge in [-0.3, -0.25) is 19.6 Å². The van der Waals surface area contributed by atoms with Crippen LogP contribution in [-0.2, 0) is 11.2 Å². The summed E-state index contributed by atoms with van der Waals surface area (Å²) >= 11 is 0. The Morgan fingerprint density at radius 3 is 2.70 bits per heavy atom. The number of carbonyl (C=O) groups excluding carboxylic acids is 2. The standard InChI is InChI=1S/C26H27N5O2/c1-2-10-30-25(33)26(9-4-15-31(19-26)24(32)23-18-28-13-14-29-23)17-20-5-3-6-22(16-20)21-7-11-27-12-8-21/h2-3,5-8,11-14,16,18H,1,4,9-10,15,17,19H2,(H,30,33)/t26-/m1/s1. The molecule has 1 fully saturated rings. The van der Waals surface area contributed by atoms with Crippen molar-refractivity contribution in [2.45, 2.75) is 19.3 Å². The summed E-state index contributed by atoms with van der Waals surface area (Å²) in [6, 6.07) is 12.1. The van der Waals surface area contributed by atoms with Crippen molar-refractivity contribution < 1.29 is 9.59 Å². The maximum absolute atomic E-state index is 13.4. The minimum absolute atomic E-state index is 0.0617. The first-order valence-electron chi connectivity index (χ1n) is 11.1. The van der Waals surface area contributed by atoms with Gasteiger partial charge < -0.3 is 10.2 Å². The number of piperidine rings is 1. The van der Waals surface area contributed by atoms with Crippen molar-refractivity contribution in [3.05, 3.63) is 91.3 Å². The van der Waals surface area contributed by atoms with Crippen LogP contribution < -0.4 is 5.32 Å². The number of hydrogen-bond acceptors (Lipinski definition) is 5. The lowest BCUT2D eigenvalue weighted by Gasteiger charge is -2.41. The lowest BCUT2D eigenvalue weighted by atomic mass is 9.74. The van der Waals surface area contributed by atoms with Crippen LogP contribution in [0, 0.1) is 5.41 Å². The van der Waals surface area contributed by atoms with Gasteiger partial charge in [-0.25, -0.2) is 4.98 Å². The van der Waals surface area contributed by atoms with Gasteiger partial charge in [-0.1, -0.05) is 30.3 Å². The second kappa shape index (κ2) is 10.2. The van der Waals surface area contributed by atoms with Crippen molar-refractivity contribution in [1.29, 1.82) is 0 Å². The lowest BCUT2D eigenvalue weighted by Crippen LogP contribution is -2.54. The summed E-state index contributed by atoms with van der Waals surface area (Å²) in [5, 5.41) is 2.98. The van der Waals surface area contributed by atoms with E-state index in [0.717, 1.165) is 23.1 Å². The fraction of sp³-hybridized carbons (Fsp3) is 0.269. The third-order valence-corrected chi connectivity index (χ3v) is 6.02. The zero-order valence-corrected chi connectivity index (χ0v) is 18.5. The predicted octanol–water partition coefficient (Wildman–Crippen LogP) is 3.31. The van der Waals surface area contributed by atoms with Crippen LogP contribution in [0.4, 0.5) is 0 Å². The predicted molar refractivity (Wildman–Crippen MR) is 126 cm³/mol. The van der Waals surface area contributed by atoms with Gasteiger partial charge in [0.15, 0.2) is 0 Å². The van der Waals surface area contributed by atoms with Crippen LogP contribution in [0.2, 0.25) is 0 Å². The van der Waals surface area contributed by atoms with Crippen LogP contribution in [0.15, 0.2) is 80.0 Å². The molecule has 1 saturated heterocycles. The van der Waals surface area contributed by atoms with Crippen LogP contribution >= 0.6 is 0 Å². The largest absolute Gasteiger partial charge is 0.352 e. The molecule has 168 valence electrons. The molecule has 0 spiro atoms. The smallest absolute Gasteiger partial charge is 0.274 e. The molecule has 0 radical (unpaired) electrons. The molecular formula is C26H27N5O2. The Balaban J connectivity index is 1.63. The average molecular weight is 442 g/mol. The third-order valence-electron chi connectivity index (χ3n) is 6.02. The number of amides is 2. The van der Waals surface area contributed by atoms with E-state index in [9.17, 15) is 9.59 Å². The molecule has 7 nitrogen and oxygen atoms in total. The summed E-state index contributed by atoms with van der Waals surface area (Å²) in [5.41, 5.74) is 2.74. The molecule has 1 aliphatic heterocycles. The number of pyridine rings is 1. The van der Waals surface area contributed by atoms with Crippen molar-refractivity contribution in [2.24, 2.45) is 5.41 Å². The average Bonchev–Trinajstić information content (AvgIpc) is 2.88. The summed E-state index contributed by atoms with van der Waals surface area (Å²) in [4.78, 5) is 40.5. The molecule has 2 amide bonds. The topological polar surface area (TPSA) is 88.1 Å². The van der Waals surface area contributed by atoms with Crippen molar-refractivity contribution in [3.8, 4) is 11.1 Å². The number of benzene rings is 1. The van der Waals surface area contributed by atoms with E-state index in [2.05, 4.69) is 32.9 Å². The maximum atomic E-state index is 13.4. The number of rotatable bonds is 7. The van der Waals surface area contributed by atoms with Crippen LogP contribution in [0.5, 0.6) is 0 Å². The molecule has 2 aromatic heterocycles. The van der Waals surface area contributed by atoms with Gasteiger partial charge in [0.05, 0.1) is 11.6 Å². The van der Waals surface area contributed by atoms with Gasteiger partial charge in [0.1, 0.15) is 5.69 Å². The first-order valence-corrected chi connectivity index (χ1v) is 11.1. The number of nitrogens with one attached hydrogen (secondary N) is 1. The Morgan fingerprint density at radius 2 is 1.94 bits per heavy atom. The molecule has 0 bridgehead atoms. The zero-order valence-electron chi connectivity index (χ0n) is 18.5. The Labute approximate surface area is 193 Å². The van der Waals surface area contributed by atoms with E-state index in [4.69, 9.17) is 0 Å². The minimum atomic E-state index is -0.740. The van der Waals surface area contributed by atoms with Gasteiger partial charge in [0.2, 0.25) is 5.91 Å². The van der Waals surface area contributed by atoms with Gasteiger partial charge in [-0.2, -0.15) is 0 Å². The second-order valence-electron chi connectivity index (χ2n) is 8.31. The van der Waals surface area contributed by atoms with Crippen molar-refractivity contribution in [1.82, 2.24) is 25.2 Å². The van der Waals surface area contributed by atoms with Crippen molar-refractivity contribution >= 4 is 11.8 Å². The number of likely N-dealkylation sites (tertiary alicyclic amines) is 1. The molecule has 7 heteroatoms. The zero-order chi connectivity index (χ0) is 23.1. The van der Waals surface area contributed by atoms with E-state index in [1.807, 2.05) is 30.3 Å². The van der Waals surface area contributed by atoms with Crippen LogP contribution in [0.3, 0.4) is 0 Å². The van der Waals surface area contributed by atoms with Crippen LogP contribution in [-0.4, -0.2) is 51.3 Å². The molecule has 0 unspecified atom stereocenters. The normalized spacial score (nSPS) is 17.9. The summed E-state index contributed by atoms with van der Waals surface area (Å²) in [5.74, 6) is -0.261. The van der Waals surface area contributed by atoms with Gasteiger partial charge >= 0.3 is 0 Å². The fourth-order valence-corrected chi connectivity index (χ4v) is 4.43. The second-order valence-corrected chi connectivity index (χ2v) is 8.31. The third kappa shape index (κ3) is 5.14. The molecule has 0 saturated carbocycles. The molecule has 3 aromatic rings. The van der Waals surface area contributed by atoms with E-state index >= 15 is 0 Å². The van der Waals surface area contributed by atoms with Crippen molar-refractivity contribution in [3.63, 3.8) is 0 Å². The van der Waals surface area contributed by atoms with Crippen LogP contribution in [0.1, 0.15) is 28.9 Å². The summed E-state index contributed by atoms with van der Waals surface area (Å²) in [6.07, 6.45) is 11.7. The minimum Gasteiger partial charge on any atom is -0.352 e. The number of aromatic nitrogens is 3. The monoisotopic (exact) mass is 441 g/mol. The van der Waals surface area contributed by atoms with E-state index in [1.165, 1.54) is 18.6 Å². The number of carbonyl (C=O) groups is 2. The summed E-state index contributed by atoms with van der Waals surface area (Å²) in [6.45, 7) is 5.01. The first kappa shape index (κ1) is 22.3. The molecule has 0 aliphatic carbocycles. The fourth-order valence-electron chi connectivity index (χ4n) is 4.43. The Morgan fingerprint density at radius 1 is 1.09 bits per heavy atom. The van der Waals surface area contributed by atoms with Gasteiger partial charge in [-0.15, -0.1) is 6.58 Å². The maximum Gasteiger partial charge on any atom is 0.274 e. The van der Waals surface area contributed by atoms with Gasteiger partial charge in [0.25, 0.3) is 5.91 Å². The van der Waals surface area contributed by atoms with E-state index < -0.39 is 5.41 Å². The van der Waals surface area contributed by atoms with E-state index in [1.54, 1.807) is 23.4 Å². The molecule has 1 aromatic carbocycles. The lowest BCUT2D eigenvalue weighted by molar-refractivity contribution is -0.133. The number of nitrogens with zero attached hydrogens (tertiary/aromatic N) is 4. The molecule has 3 heterocycles. The highest BCUT2D eigenvalue weighted by Gasteiger charge is 2.43. The summed E-state index contributed by atoms with van der Waals surface area (Å²) in [7, 11) is 0. The van der Waals surface area contributed by atoms with Crippen molar-refractivity contribution in [2.75, 3.05) is 19.6 Å². The molecule has 1 aliphatic rings. The Kier molecular flexibility index (Phi) is 6.88. The highest BCUT2D eigenvalue weighted by Crippen LogP contribution is 2.35. The van der Waals surface area contributed by atoms with Gasteiger partial charge in [0, 0.05) is 44.4 Å². The quantitative estimate of drug-likeness (QED) is 0.569. The molecule has 33 heavy (non-hydrogen) atoms.